The maximum atomic E-state index is 11.1. The molecule has 0 radical (unpaired) electrons. The zero-order valence-electron chi connectivity index (χ0n) is 30.1. The van der Waals surface area contributed by atoms with Gasteiger partial charge in [0.15, 0.2) is 0 Å². The quantitative estimate of drug-likeness (QED) is 0.0516. The van der Waals surface area contributed by atoms with Crippen molar-refractivity contribution in [1.29, 1.82) is 0 Å². The normalized spacial score (nSPS) is 12.1. The van der Waals surface area contributed by atoms with Crippen molar-refractivity contribution in [1.82, 2.24) is 4.90 Å². The fourth-order valence-corrected chi connectivity index (χ4v) is 6.71. The van der Waals surface area contributed by atoms with Gasteiger partial charge >= 0.3 is 7.82 Å². The van der Waals surface area contributed by atoms with Crippen molar-refractivity contribution in [2.45, 2.75) is 219 Å². The number of phosphoric acid groups is 1. The van der Waals surface area contributed by atoms with Gasteiger partial charge in [-0.2, -0.15) is 0 Å². The first-order chi connectivity index (χ1) is 21.5. The summed E-state index contributed by atoms with van der Waals surface area (Å²) >= 11 is 0. The molecule has 0 aromatic carbocycles. The SMILES string of the molecule is CCCCCCCCCCCCCCCCCCN(CCCCCCCCCCCCCCCCCC)CCOP(=O)(O)O. The summed E-state index contributed by atoms with van der Waals surface area (Å²) in [5, 5.41) is 0. The van der Waals surface area contributed by atoms with E-state index in [1.165, 1.54) is 205 Å². The molecule has 0 rings (SSSR count). The van der Waals surface area contributed by atoms with Crippen LogP contribution in [0.3, 0.4) is 0 Å². The molecule has 0 spiro atoms. The molecule has 44 heavy (non-hydrogen) atoms. The molecule has 0 aromatic heterocycles. The summed E-state index contributed by atoms with van der Waals surface area (Å²) in [6.45, 7) is 7.33. The monoisotopic (exact) mass is 646 g/mol. The summed E-state index contributed by atoms with van der Waals surface area (Å²) in [7, 11) is -4.38. The van der Waals surface area contributed by atoms with E-state index >= 15 is 0 Å². The lowest BCUT2D eigenvalue weighted by atomic mass is 10.0. The lowest BCUT2D eigenvalue weighted by molar-refractivity contribution is 0.158. The Morgan fingerprint density at radius 1 is 0.386 bits per heavy atom. The van der Waals surface area contributed by atoms with Gasteiger partial charge in [0.1, 0.15) is 0 Å². The van der Waals surface area contributed by atoms with Gasteiger partial charge in [0, 0.05) is 6.54 Å². The van der Waals surface area contributed by atoms with Crippen LogP contribution in [0.5, 0.6) is 0 Å². The highest BCUT2D eigenvalue weighted by molar-refractivity contribution is 7.46. The van der Waals surface area contributed by atoms with Crippen LogP contribution in [-0.2, 0) is 9.09 Å². The van der Waals surface area contributed by atoms with Crippen LogP contribution in [0.15, 0.2) is 0 Å². The molecule has 0 amide bonds. The molecule has 5 nitrogen and oxygen atoms in total. The standard InChI is InChI=1S/C38H80NO4P/c1-3-5-7-9-11-13-15-17-19-21-23-25-27-29-31-33-35-39(37-38-43-44(40,41)42)36-34-32-30-28-26-24-22-20-18-16-14-12-10-8-6-4-2/h3-38H2,1-2H3,(H2,40,41,42). The van der Waals surface area contributed by atoms with E-state index in [0.29, 0.717) is 6.54 Å². The fraction of sp³-hybridized carbons (Fsp3) is 1.00. The Bertz CT molecular complexity index is 549. The van der Waals surface area contributed by atoms with E-state index in [9.17, 15) is 4.57 Å². The predicted molar refractivity (Wildman–Crippen MR) is 194 cm³/mol. The van der Waals surface area contributed by atoms with Gasteiger partial charge in [-0.15, -0.1) is 0 Å². The summed E-state index contributed by atoms with van der Waals surface area (Å²) in [6, 6.07) is 0. The first-order valence-corrected chi connectivity index (χ1v) is 21.4. The second-order valence-corrected chi connectivity index (χ2v) is 15.0. The van der Waals surface area contributed by atoms with Gasteiger partial charge in [-0.25, -0.2) is 4.57 Å². The van der Waals surface area contributed by atoms with E-state index in [0.717, 1.165) is 13.1 Å². The Morgan fingerprint density at radius 2 is 0.614 bits per heavy atom. The third-order valence-electron chi connectivity index (χ3n) is 9.32. The molecule has 0 aromatic rings. The van der Waals surface area contributed by atoms with E-state index in [2.05, 4.69) is 18.7 Å². The number of hydrogen-bond acceptors (Lipinski definition) is 3. The van der Waals surface area contributed by atoms with Gasteiger partial charge in [-0.05, 0) is 25.9 Å². The minimum atomic E-state index is -4.38. The summed E-state index contributed by atoms with van der Waals surface area (Å²) in [5.74, 6) is 0. The van der Waals surface area contributed by atoms with Crippen molar-refractivity contribution in [3.8, 4) is 0 Å². The van der Waals surface area contributed by atoms with Crippen molar-refractivity contribution in [2.75, 3.05) is 26.2 Å². The summed E-state index contributed by atoms with van der Waals surface area (Å²) in [6.07, 6.45) is 44.0. The predicted octanol–water partition coefficient (Wildman–Crippen LogP) is 12.9. The highest BCUT2D eigenvalue weighted by atomic mass is 31.2. The summed E-state index contributed by atoms with van der Waals surface area (Å²) in [5.41, 5.74) is 0. The lowest BCUT2D eigenvalue weighted by Crippen LogP contribution is -2.29. The third kappa shape index (κ3) is 38.3. The highest BCUT2D eigenvalue weighted by Crippen LogP contribution is 2.35. The number of phosphoric ester groups is 1. The molecule has 0 saturated carbocycles. The van der Waals surface area contributed by atoms with Crippen LogP contribution in [0, 0.1) is 0 Å². The Labute approximate surface area is 276 Å². The van der Waals surface area contributed by atoms with Gasteiger partial charge in [0.25, 0.3) is 0 Å². The van der Waals surface area contributed by atoms with Crippen molar-refractivity contribution in [3.05, 3.63) is 0 Å². The number of nitrogens with zero attached hydrogens (tertiary/aromatic N) is 1. The van der Waals surface area contributed by atoms with Gasteiger partial charge in [-0.3, -0.25) is 4.52 Å². The lowest BCUT2D eigenvalue weighted by Gasteiger charge is -2.22. The van der Waals surface area contributed by atoms with Crippen LogP contribution in [0.25, 0.3) is 0 Å². The summed E-state index contributed by atoms with van der Waals surface area (Å²) < 4.78 is 15.9. The molecule has 0 heterocycles. The highest BCUT2D eigenvalue weighted by Gasteiger charge is 2.14. The minimum Gasteiger partial charge on any atom is -0.303 e. The topological polar surface area (TPSA) is 70.0 Å². The smallest absolute Gasteiger partial charge is 0.303 e. The van der Waals surface area contributed by atoms with Crippen LogP contribution < -0.4 is 0 Å². The maximum absolute atomic E-state index is 11.1. The van der Waals surface area contributed by atoms with Gasteiger partial charge in [0.2, 0.25) is 0 Å². The fourth-order valence-electron chi connectivity index (χ4n) is 6.39. The van der Waals surface area contributed by atoms with Gasteiger partial charge in [-0.1, -0.05) is 206 Å². The zero-order chi connectivity index (χ0) is 32.2. The Balaban J connectivity index is 3.70. The van der Waals surface area contributed by atoms with Crippen molar-refractivity contribution in [3.63, 3.8) is 0 Å². The van der Waals surface area contributed by atoms with E-state index in [1.54, 1.807) is 0 Å². The third-order valence-corrected chi connectivity index (χ3v) is 9.84. The van der Waals surface area contributed by atoms with E-state index in [1.807, 2.05) is 0 Å². The maximum Gasteiger partial charge on any atom is 0.469 e. The average molecular weight is 646 g/mol. The number of rotatable bonds is 38. The Kier molecular flexibility index (Phi) is 36.0. The number of hydrogen-bond donors (Lipinski definition) is 2. The average Bonchev–Trinajstić information content (AvgIpc) is 2.99. The Morgan fingerprint density at radius 3 is 0.841 bits per heavy atom. The van der Waals surface area contributed by atoms with Crippen molar-refractivity contribution >= 4 is 7.82 Å². The van der Waals surface area contributed by atoms with E-state index in [4.69, 9.17) is 14.3 Å². The first kappa shape index (κ1) is 44.1. The molecular formula is C38H80NO4P. The molecule has 0 atom stereocenters. The number of unbranched alkanes of at least 4 members (excludes halogenated alkanes) is 30. The molecule has 2 N–H and O–H groups in total. The van der Waals surface area contributed by atoms with Crippen LogP contribution in [0.4, 0.5) is 0 Å². The minimum absolute atomic E-state index is 0.113. The molecular weight excluding hydrogens is 565 g/mol. The molecule has 0 aliphatic carbocycles. The molecule has 266 valence electrons. The molecule has 0 unspecified atom stereocenters. The first-order valence-electron chi connectivity index (χ1n) is 19.9. The largest absolute Gasteiger partial charge is 0.469 e. The van der Waals surface area contributed by atoms with Crippen molar-refractivity contribution < 1.29 is 18.9 Å². The van der Waals surface area contributed by atoms with Gasteiger partial charge < -0.3 is 14.7 Å². The van der Waals surface area contributed by atoms with Crippen LogP contribution in [-0.4, -0.2) is 40.9 Å². The summed E-state index contributed by atoms with van der Waals surface area (Å²) in [4.78, 5) is 20.5. The second-order valence-electron chi connectivity index (χ2n) is 13.8. The Hall–Kier alpha value is 0.0700. The van der Waals surface area contributed by atoms with Crippen molar-refractivity contribution in [2.24, 2.45) is 0 Å². The molecule has 0 aliphatic heterocycles. The zero-order valence-corrected chi connectivity index (χ0v) is 31.0. The van der Waals surface area contributed by atoms with E-state index in [-0.39, 0.29) is 6.61 Å². The van der Waals surface area contributed by atoms with Crippen LogP contribution >= 0.6 is 7.82 Å². The molecule has 0 aliphatic rings. The second kappa shape index (κ2) is 35.9. The molecule has 0 fully saturated rings. The van der Waals surface area contributed by atoms with Crippen LogP contribution in [0.1, 0.15) is 219 Å². The molecule has 6 heteroatoms. The van der Waals surface area contributed by atoms with Crippen LogP contribution in [0.2, 0.25) is 0 Å². The molecule has 0 bridgehead atoms. The van der Waals surface area contributed by atoms with E-state index < -0.39 is 7.82 Å². The van der Waals surface area contributed by atoms with Gasteiger partial charge in [0.05, 0.1) is 6.61 Å². The molecule has 0 saturated heterocycles.